The van der Waals surface area contributed by atoms with Crippen LogP contribution in [0.15, 0.2) is 23.1 Å². The standard InChI is InChI=1S/C7H11NO3S/c1-7(8)4-2-3-6(5-7)12(9,10)11/h2-3,5H,4,8H2,1H3,(H,9,10,11). The molecule has 0 fully saturated rings. The fourth-order valence-electron chi connectivity index (χ4n) is 1.02. The van der Waals surface area contributed by atoms with Gasteiger partial charge in [-0.15, -0.1) is 0 Å². The normalized spacial score (nSPS) is 30.1. The van der Waals surface area contributed by atoms with Crippen molar-refractivity contribution in [3.63, 3.8) is 0 Å². The Morgan fingerprint density at radius 3 is 2.58 bits per heavy atom. The largest absolute Gasteiger partial charge is 0.322 e. The molecule has 68 valence electrons. The van der Waals surface area contributed by atoms with Crippen LogP contribution in [0.3, 0.4) is 0 Å². The topological polar surface area (TPSA) is 80.4 Å². The molecule has 0 saturated heterocycles. The van der Waals surface area contributed by atoms with E-state index in [0.717, 1.165) is 0 Å². The lowest BCUT2D eigenvalue weighted by Gasteiger charge is -2.21. The van der Waals surface area contributed by atoms with Crippen molar-refractivity contribution in [1.82, 2.24) is 0 Å². The molecule has 4 nitrogen and oxygen atoms in total. The Bertz CT molecular complexity index is 338. The maximum Gasteiger partial charge on any atom is 0.294 e. The zero-order chi connectivity index (χ0) is 9.41. The molecule has 0 heterocycles. The molecular formula is C7H11NO3S. The first-order valence-electron chi connectivity index (χ1n) is 3.47. The van der Waals surface area contributed by atoms with Crippen molar-refractivity contribution in [2.24, 2.45) is 5.73 Å². The van der Waals surface area contributed by atoms with Crippen molar-refractivity contribution in [2.45, 2.75) is 18.9 Å². The molecule has 5 heteroatoms. The van der Waals surface area contributed by atoms with Crippen molar-refractivity contribution in [3.05, 3.63) is 23.1 Å². The van der Waals surface area contributed by atoms with E-state index < -0.39 is 15.7 Å². The van der Waals surface area contributed by atoms with E-state index in [1.807, 2.05) is 0 Å². The van der Waals surface area contributed by atoms with Crippen LogP contribution in [-0.4, -0.2) is 18.5 Å². The highest BCUT2D eigenvalue weighted by molar-refractivity contribution is 7.90. The van der Waals surface area contributed by atoms with Gasteiger partial charge in [-0.3, -0.25) is 4.55 Å². The lowest BCUT2D eigenvalue weighted by Crippen LogP contribution is -2.35. The predicted octanol–water partition coefficient (Wildman–Crippen LogP) is 0.435. The molecule has 1 atom stereocenters. The van der Waals surface area contributed by atoms with Crippen LogP contribution in [0, 0.1) is 0 Å². The third-order valence-electron chi connectivity index (χ3n) is 1.61. The average Bonchev–Trinajstić information content (AvgIpc) is 1.83. The second-order valence-electron chi connectivity index (χ2n) is 3.13. The Morgan fingerprint density at radius 1 is 1.67 bits per heavy atom. The highest BCUT2D eigenvalue weighted by atomic mass is 32.2. The zero-order valence-electron chi connectivity index (χ0n) is 6.69. The van der Waals surface area contributed by atoms with Crippen molar-refractivity contribution in [3.8, 4) is 0 Å². The smallest absolute Gasteiger partial charge is 0.294 e. The summed E-state index contributed by atoms with van der Waals surface area (Å²) >= 11 is 0. The SMILES string of the molecule is CC1(N)C=C(S(=O)(=O)O)C=CC1. The van der Waals surface area contributed by atoms with E-state index in [-0.39, 0.29) is 4.91 Å². The van der Waals surface area contributed by atoms with Gasteiger partial charge in [0.05, 0.1) is 4.91 Å². The van der Waals surface area contributed by atoms with E-state index >= 15 is 0 Å². The first-order chi connectivity index (χ1) is 5.31. The van der Waals surface area contributed by atoms with Crippen LogP contribution in [0.1, 0.15) is 13.3 Å². The van der Waals surface area contributed by atoms with Crippen LogP contribution in [0.4, 0.5) is 0 Å². The summed E-state index contributed by atoms with van der Waals surface area (Å²) in [4.78, 5) is -0.126. The van der Waals surface area contributed by atoms with E-state index in [9.17, 15) is 8.42 Å². The van der Waals surface area contributed by atoms with Crippen molar-refractivity contribution < 1.29 is 13.0 Å². The molecule has 0 aromatic rings. The second kappa shape index (κ2) is 2.69. The molecule has 12 heavy (non-hydrogen) atoms. The highest BCUT2D eigenvalue weighted by Gasteiger charge is 2.22. The van der Waals surface area contributed by atoms with Crippen molar-refractivity contribution in [2.75, 3.05) is 0 Å². The van der Waals surface area contributed by atoms with E-state index in [0.29, 0.717) is 6.42 Å². The maximum absolute atomic E-state index is 10.7. The molecule has 3 N–H and O–H groups in total. The molecule has 1 aliphatic carbocycles. The number of nitrogens with two attached hydrogens (primary N) is 1. The minimum Gasteiger partial charge on any atom is -0.322 e. The van der Waals surface area contributed by atoms with Crippen LogP contribution in [0.5, 0.6) is 0 Å². The second-order valence-corrected chi connectivity index (χ2v) is 4.56. The molecular weight excluding hydrogens is 178 g/mol. The first kappa shape index (κ1) is 9.44. The first-order valence-corrected chi connectivity index (χ1v) is 4.91. The zero-order valence-corrected chi connectivity index (χ0v) is 7.50. The van der Waals surface area contributed by atoms with Crippen LogP contribution in [0.2, 0.25) is 0 Å². The minimum atomic E-state index is -4.10. The summed E-state index contributed by atoms with van der Waals surface area (Å²) < 4.78 is 30.0. The van der Waals surface area contributed by atoms with Gasteiger partial charge in [-0.2, -0.15) is 8.42 Å². The van der Waals surface area contributed by atoms with E-state index in [1.54, 1.807) is 13.0 Å². The number of hydrogen-bond acceptors (Lipinski definition) is 3. The summed E-state index contributed by atoms with van der Waals surface area (Å²) in [5.74, 6) is 0. The van der Waals surface area contributed by atoms with Gasteiger partial charge in [0.25, 0.3) is 10.1 Å². The summed E-state index contributed by atoms with van der Waals surface area (Å²) in [5, 5.41) is 0. The Kier molecular flexibility index (Phi) is 2.11. The van der Waals surface area contributed by atoms with Gasteiger partial charge in [0.15, 0.2) is 0 Å². The lowest BCUT2D eigenvalue weighted by atomic mass is 9.95. The van der Waals surface area contributed by atoms with Crippen LogP contribution < -0.4 is 5.73 Å². The minimum absolute atomic E-state index is 0.126. The molecule has 0 aromatic carbocycles. The molecule has 0 aliphatic heterocycles. The molecule has 0 bridgehead atoms. The number of allylic oxidation sites excluding steroid dienone is 1. The Labute approximate surface area is 71.5 Å². The molecule has 1 rings (SSSR count). The highest BCUT2D eigenvalue weighted by Crippen LogP contribution is 2.20. The van der Waals surface area contributed by atoms with Gasteiger partial charge < -0.3 is 5.73 Å². The van der Waals surface area contributed by atoms with Crippen molar-refractivity contribution in [1.29, 1.82) is 0 Å². The van der Waals surface area contributed by atoms with Gasteiger partial charge in [-0.25, -0.2) is 0 Å². The van der Waals surface area contributed by atoms with Gasteiger partial charge in [-0.05, 0) is 25.5 Å². The lowest BCUT2D eigenvalue weighted by molar-refractivity contribution is 0.489. The van der Waals surface area contributed by atoms with Crippen molar-refractivity contribution >= 4 is 10.1 Å². The summed E-state index contributed by atoms with van der Waals surface area (Å²) in [7, 11) is -4.10. The van der Waals surface area contributed by atoms with Gasteiger partial charge in [0.1, 0.15) is 0 Å². The molecule has 1 unspecified atom stereocenters. The fourth-order valence-corrected chi connectivity index (χ4v) is 1.71. The summed E-state index contributed by atoms with van der Waals surface area (Å²) in [5.41, 5.74) is 4.98. The summed E-state index contributed by atoms with van der Waals surface area (Å²) in [6, 6.07) is 0. The average molecular weight is 189 g/mol. The van der Waals surface area contributed by atoms with Crippen LogP contribution in [0.25, 0.3) is 0 Å². The summed E-state index contributed by atoms with van der Waals surface area (Å²) in [6.45, 7) is 1.70. The maximum atomic E-state index is 10.7. The van der Waals surface area contributed by atoms with E-state index in [2.05, 4.69) is 0 Å². The predicted molar refractivity (Wildman–Crippen MR) is 46.0 cm³/mol. The molecule has 0 amide bonds. The third kappa shape index (κ3) is 2.17. The summed E-state index contributed by atoms with van der Waals surface area (Å²) in [6.07, 6.45) is 4.90. The van der Waals surface area contributed by atoms with Gasteiger partial charge >= 0.3 is 0 Å². The van der Waals surface area contributed by atoms with E-state index in [4.69, 9.17) is 10.3 Å². The molecule has 0 aromatic heterocycles. The Balaban J connectivity index is 3.09. The number of hydrogen-bond donors (Lipinski definition) is 2. The Morgan fingerprint density at radius 2 is 2.25 bits per heavy atom. The fraction of sp³-hybridized carbons (Fsp3) is 0.429. The number of rotatable bonds is 1. The van der Waals surface area contributed by atoms with E-state index in [1.165, 1.54) is 12.2 Å². The Hall–Kier alpha value is -0.650. The van der Waals surface area contributed by atoms with Crippen LogP contribution >= 0.6 is 0 Å². The van der Waals surface area contributed by atoms with Gasteiger partial charge in [-0.1, -0.05) is 6.08 Å². The molecule has 0 radical (unpaired) electrons. The molecule has 0 spiro atoms. The third-order valence-corrected chi connectivity index (χ3v) is 2.46. The molecule has 1 aliphatic rings. The quantitative estimate of drug-likeness (QED) is 0.586. The molecule has 0 saturated carbocycles. The monoisotopic (exact) mass is 189 g/mol. The van der Waals surface area contributed by atoms with Gasteiger partial charge in [0.2, 0.25) is 0 Å². The van der Waals surface area contributed by atoms with Gasteiger partial charge in [0, 0.05) is 5.54 Å². The van der Waals surface area contributed by atoms with Crippen LogP contribution in [-0.2, 0) is 10.1 Å².